The summed E-state index contributed by atoms with van der Waals surface area (Å²) < 4.78 is 0. The number of H-pyrrole nitrogens is 2. The fourth-order valence-corrected chi connectivity index (χ4v) is 1.67. The summed E-state index contributed by atoms with van der Waals surface area (Å²) in [6.07, 6.45) is 2.93. The fourth-order valence-electron chi connectivity index (χ4n) is 1.67. The highest BCUT2D eigenvalue weighted by molar-refractivity contribution is 5.35. The molecule has 5 N–H and O–H groups in total. The zero-order valence-electron chi connectivity index (χ0n) is 8.17. The van der Waals surface area contributed by atoms with E-state index in [0.29, 0.717) is 6.54 Å². The second-order valence-electron chi connectivity index (χ2n) is 3.82. The second-order valence-corrected chi connectivity index (χ2v) is 3.82. The zero-order valence-corrected chi connectivity index (χ0v) is 8.17. The van der Waals surface area contributed by atoms with Crippen LogP contribution in [0.3, 0.4) is 0 Å². The molecule has 1 fully saturated rings. The van der Waals surface area contributed by atoms with Crippen molar-refractivity contribution < 1.29 is 0 Å². The van der Waals surface area contributed by atoms with Gasteiger partial charge in [-0.3, -0.25) is 9.78 Å². The quantitative estimate of drug-likeness (QED) is 0.498. The van der Waals surface area contributed by atoms with E-state index < -0.39 is 11.2 Å². The average molecular weight is 211 g/mol. The number of hydrogen-bond donors (Lipinski definition) is 4. The molecule has 1 saturated carbocycles. The molecule has 0 atom stereocenters. The van der Waals surface area contributed by atoms with Crippen molar-refractivity contribution >= 4 is 5.82 Å². The molecule has 1 aliphatic carbocycles. The van der Waals surface area contributed by atoms with E-state index in [1.807, 2.05) is 0 Å². The van der Waals surface area contributed by atoms with Crippen molar-refractivity contribution in [1.29, 1.82) is 0 Å². The normalized spacial score (nSPS) is 18.2. The molecule has 0 amide bonds. The van der Waals surface area contributed by atoms with Gasteiger partial charge in [-0.1, -0.05) is 0 Å². The predicted molar refractivity (Wildman–Crippen MR) is 54.7 cm³/mol. The molecular weight excluding hydrogens is 198 g/mol. The van der Waals surface area contributed by atoms with Crippen LogP contribution >= 0.6 is 0 Å². The standard InChI is InChI=1S/C8H13N5O2/c9-4-8(2-1-3-8)11-5-6(14)10-7(15)13-12-5/h1-4,9H2,(H,11,12)(H2,10,13,14,15). The van der Waals surface area contributed by atoms with Crippen molar-refractivity contribution in [2.45, 2.75) is 24.8 Å². The Morgan fingerprint density at radius 2 is 2.20 bits per heavy atom. The number of aromatic nitrogens is 3. The number of nitrogens with one attached hydrogen (secondary N) is 3. The van der Waals surface area contributed by atoms with Gasteiger partial charge < -0.3 is 11.1 Å². The Morgan fingerprint density at radius 1 is 1.47 bits per heavy atom. The zero-order chi connectivity index (χ0) is 10.9. The van der Waals surface area contributed by atoms with Crippen molar-refractivity contribution in [2.75, 3.05) is 11.9 Å². The smallest absolute Gasteiger partial charge is 0.342 e. The Bertz CT molecular complexity index is 453. The highest BCUT2D eigenvalue weighted by Gasteiger charge is 2.36. The Kier molecular flexibility index (Phi) is 2.31. The lowest BCUT2D eigenvalue weighted by Gasteiger charge is -2.41. The first kappa shape index (κ1) is 9.91. The van der Waals surface area contributed by atoms with Crippen LogP contribution in [-0.2, 0) is 0 Å². The highest BCUT2D eigenvalue weighted by Crippen LogP contribution is 2.32. The largest absolute Gasteiger partial charge is 0.357 e. The van der Waals surface area contributed by atoms with Gasteiger partial charge in [-0.15, -0.1) is 5.10 Å². The minimum atomic E-state index is -0.610. The third-order valence-electron chi connectivity index (χ3n) is 2.80. The molecule has 82 valence electrons. The van der Waals surface area contributed by atoms with Gasteiger partial charge in [0.1, 0.15) is 0 Å². The van der Waals surface area contributed by atoms with Crippen molar-refractivity contribution in [3.05, 3.63) is 20.8 Å². The average Bonchev–Trinajstić information content (AvgIpc) is 2.14. The minimum Gasteiger partial charge on any atom is -0.357 e. The molecule has 2 rings (SSSR count). The Morgan fingerprint density at radius 3 is 2.67 bits per heavy atom. The van der Waals surface area contributed by atoms with E-state index in [4.69, 9.17) is 5.73 Å². The SMILES string of the molecule is NCC1(Nc2n[nH]c(=O)[nH]c2=O)CCC1. The highest BCUT2D eigenvalue weighted by atomic mass is 16.2. The topological polar surface area (TPSA) is 117 Å². The van der Waals surface area contributed by atoms with Gasteiger partial charge in [0, 0.05) is 6.54 Å². The summed E-state index contributed by atoms with van der Waals surface area (Å²) in [7, 11) is 0. The van der Waals surface area contributed by atoms with Crippen LogP contribution in [0.5, 0.6) is 0 Å². The van der Waals surface area contributed by atoms with Crippen LogP contribution in [0.4, 0.5) is 5.82 Å². The summed E-state index contributed by atoms with van der Waals surface area (Å²) in [5.41, 5.74) is 4.27. The van der Waals surface area contributed by atoms with E-state index in [0.717, 1.165) is 19.3 Å². The number of aromatic amines is 2. The molecule has 1 heterocycles. The summed E-state index contributed by atoms with van der Waals surface area (Å²) in [5.74, 6) is 0.125. The van der Waals surface area contributed by atoms with E-state index in [2.05, 4.69) is 20.5 Å². The number of nitrogens with zero attached hydrogens (tertiary/aromatic N) is 1. The monoisotopic (exact) mass is 211 g/mol. The molecule has 0 aromatic carbocycles. The van der Waals surface area contributed by atoms with Crippen LogP contribution in [0.15, 0.2) is 9.59 Å². The first-order chi connectivity index (χ1) is 7.15. The maximum Gasteiger partial charge on any atom is 0.342 e. The van der Waals surface area contributed by atoms with E-state index in [1.165, 1.54) is 0 Å². The van der Waals surface area contributed by atoms with Crippen LogP contribution < -0.4 is 22.3 Å². The fraction of sp³-hybridized carbons (Fsp3) is 0.625. The molecule has 0 aliphatic heterocycles. The van der Waals surface area contributed by atoms with Crippen molar-refractivity contribution in [2.24, 2.45) is 5.73 Å². The van der Waals surface area contributed by atoms with E-state index in [1.54, 1.807) is 0 Å². The summed E-state index contributed by atoms with van der Waals surface area (Å²) in [6, 6.07) is 0. The summed E-state index contributed by atoms with van der Waals surface area (Å²) >= 11 is 0. The van der Waals surface area contributed by atoms with Crippen molar-refractivity contribution in [3.8, 4) is 0 Å². The molecule has 0 bridgehead atoms. The van der Waals surface area contributed by atoms with E-state index >= 15 is 0 Å². The molecule has 1 aliphatic rings. The molecule has 1 aromatic rings. The number of hydrogen-bond acceptors (Lipinski definition) is 5. The lowest BCUT2D eigenvalue weighted by Crippen LogP contribution is -2.52. The molecule has 7 nitrogen and oxygen atoms in total. The predicted octanol–water partition coefficient (Wildman–Crippen LogP) is -1.25. The summed E-state index contributed by atoms with van der Waals surface area (Å²) in [5, 5.41) is 8.80. The second kappa shape index (κ2) is 3.50. The van der Waals surface area contributed by atoms with Crippen molar-refractivity contribution in [3.63, 3.8) is 0 Å². The molecule has 0 radical (unpaired) electrons. The molecular formula is C8H13N5O2. The summed E-state index contributed by atoms with van der Waals surface area (Å²) in [4.78, 5) is 24.2. The lowest BCUT2D eigenvalue weighted by atomic mass is 9.77. The van der Waals surface area contributed by atoms with Gasteiger partial charge in [0.25, 0.3) is 5.56 Å². The van der Waals surface area contributed by atoms with Gasteiger partial charge in [0.15, 0.2) is 0 Å². The molecule has 0 saturated heterocycles. The molecule has 1 aromatic heterocycles. The Hall–Kier alpha value is -1.63. The molecule has 7 heteroatoms. The van der Waals surface area contributed by atoms with Gasteiger partial charge in [-0.25, -0.2) is 9.89 Å². The van der Waals surface area contributed by atoms with Gasteiger partial charge >= 0.3 is 5.69 Å². The van der Waals surface area contributed by atoms with E-state index in [-0.39, 0.29) is 11.4 Å². The molecule has 0 spiro atoms. The summed E-state index contributed by atoms with van der Waals surface area (Å²) in [6.45, 7) is 0.452. The molecule has 0 unspecified atom stereocenters. The first-order valence-corrected chi connectivity index (χ1v) is 4.82. The van der Waals surface area contributed by atoms with Crippen LogP contribution in [0.25, 0.3) is 0 Å². The first-order valence-electron chi connectivity index (χ1n) is 4.82. The van der Waals surface area contributed by atoms with Crippen molar-refractivity contribution in [1.82, 2.24) is 15.2 Å². The Balaban J connectivity index is 2.24. The van der Waals surface area contributed by atoms with Gasteiger partial charge in [0.05, 0.1) is 5.54 Å². The third-order valence-corrected chi connectivity index (χ3v) is 2.80. The number of nitrogens with two attached hydrogens (primary N) is 1. The van der Waals surface area contributed by atoms with Crippen LogP contribution in [0.2, 0.25) is 0 Å². The van der Waals surface area contributed by atoms with Crippen LogP contribution in [-0.4, -0.2) is 27.3 Å². The van der Waals surface area contributed by atoms with Gasteiger partial charge in [0.2, 0.25) is 5.82 Å². The van der Waals surface area contributed by atoms with Gasteiger partial charge in [-0.2, -0.15) is 0 Å². The van der Waals surface area contributed by atoms with Gasteiger partial charge in [-0.05, 0) is 19.3 Å². The number of anilines is 1. The number of rotatable bonds is 3. The van der Waals surface area contributed by atoms with Crippen LogP contribution in [0.1, 0.15) is 19.3 Å². The van der Waals surface area contributed by atoms with E-state index in [9.17, 15) is 9.59 Å². The lowest BCUT2D eigenvalue weighted by molar-refractivity contribution is 0.286. The molecule has 15 heavy (non-hydrogen) atoms. The maximum atomic E-state index is 11.3. The third kappa shape index (κ3) is 1.78. The van der Waals surface area contributed by atoms with Crippen LogP contribution in [0, 0.1) is 0 Å². The minimum absolute atomic E-state index is 0.125. The Labute approximate surface area is 85.1 Å². The maximum absolute atomic E-state index is 11.3.